The van der Waals surface area contributed by atoms with Crippen molar-refractivity contribution in [1.82, 2.24) is 4.90 Å². The molecule has 1 N–H and O–H groups in total. The zero-order valence-corrected chi connectivity index (χ0v) is 35.6. The molecule has 0 saturated heterocycles. The van der Waals surface area contributed by atoms with Gasteiger partial charge in [0, 0.05) is 13.0 Å². The molecule has 1 rings (SSSR count). The lowest BCUT2D eigenvalue weighted by molar-refractivity contribution is -0.154. The molecule has 1 saturated carbocycles. The summed E-state index contributed by atoms with van der Waals surface area (Å²) in [6, 6.07) is 0. The van der Waals surface area contributed by atoms with Crippen molar-refractivity contribution >= 4 is 11.9 Å². The van der Waals surface area contributed by atoms with Gasteiger partial charge in [-0.05, 0) is 96.1 Å². The van der Waals surface area contributed by atoms with Crippen LogP contribution in [0.2, 0.25) is 0 Å². The number of esters is 2. The number of nitrogens with zero attached hydrogens (tertiary/aromatic N) is 1. The first kappa shape index (κ1) is 48.9. The Hall–Kier alpha value is -1.14. The number of carbonyl (C=O) groups is 2. The van der Waals surface area contributed by atoms with E-state index in [0.29, 0.717) is 31.0 Å². The summed E-state index contributed by atoms with van der Waals surface area (Å²) in [5.41, 5.74) is -0.0383. The second kappa shape index (κ2) is 32.1. The molecule has 0 heterocycles. The Bertz CT molecular complexity index is 829. The van der Waals surface area contributed by atoms with E-state index >= 15 is 0 Å². The molecule has 52 heavy (non-hydrogen) atoms. The first-order chi connectivity index (χ1) is 25.2. The van der Waals surface area contributed by atoms with Crippen LogP contribution < -0.4 is 0 Å². The Labute approximate surface area is 323 Å². The second-order valence-electron chi connectivity index (χ2n) is 17.4. The molecule has 0 atom stereocenters. The summed E-state index contributed by atoms with van der Waals surface area (Å²) in [6.07, 6.45) is 35.7. The fourth-order valence-electron chi connectivity index (χ4n) is 7.82. The van der Waals surface area contributed by atoms with Crippen LogP contribution in [0.25, 0.3) is 0 Å². The van der Waals surface area contributed by atoms with E-state index in [4.69, 9.17) is 9.47 Å². The Morgan fingerprint density at radius 3 is 1.75 bits per heavy atom. The van der Waals surface area contributed by atoms with Gasteiger partial charge in [0.2, 0.25) is 0 Å². The van der Waals surface area contributed by atoms with E-state index in [1.165, 1.54) is 122 Å². The summed E-state index contributed by atoms with van der Waals surface area (Å²) in [4.78, 5) is 27.7. The predicted molar refractivity (Wildman–Crippen MR) is 221 cm³/mol. The van der Waals surface area contributed by atoms with E-state index in [0.717, 1.165) is 83.8 Å². The number of aliphatic hydroxyl groups excluding tert-OH is 1. The molecule has 0 aliphatic heterocycles. The maximum atomic E-state index is 12.7. The Morgan fingerprint density at radius 1 is 0.615 bits per heavy atom. The summed E-state index contributed by atoms with van der Waals surface area (Å²) in [6.45, 7) is 15.0. The Balaban J connectivity index is 2.18. The summed E-state index contributed by atoms with van der Waals surface area (Å²) in [5, 5.41) is 9.65. The van der Waals surface area contributed by atoms with Crippen LogP contribution in [0.15, 0.2) is 0 Å². The van der Waals surface area contributed by atoms with Gasteiger partial charge in [-0.3, -0.25) is 9.59 Å². The van der Waals surface area contributed by atoms with Crippen LogP contribution in [-0.2, 0) is 19.1 Å². The van der Waals surface area contributed by atoms with Crippen molar-refractivity contribution in [3.63, 3.8) is 0 Å². The number of rotatable bonds is 39. The normalized spacial score (nSPS) is 14.0. The monoisotopic (exact) mass is 736 g/mol. The number of hydrogen-bond acceptors (Lipinski definition) is 6. The minimum atomic E-state index is -0.409. The van der Waals surface area contributed by atoms with E-state index in [2.05, 4.69) is 25.7 Å². The van der Waals surface area contributed by atoms with Crippen molar-refractivity contribution in [2.45, 2.75) is 227 Å². The molecule has 308 valence electrons. The van der Waals surface area contributed by atoms with Gasteiger partial charge in [0.25, 0.3) is 0 Å². The minimum absolute atomic E-state index is 0.0124. The average Bonchev–Trinajstić information content (AvgIpc) is 3.91. The summed E-state index contributed by atoms with van der Waals surface area (Å²) in [7, 11) is 0. The largest absolute Gasteiger partial charge is 0.466 e. The highest BCUT2D eigenvalue weighted by Gasteiger charge is 2.41. The van der Waals surface area contributed by atoms with Crippen molar-refractivity contribution in [2.75, 3.05) is 39.5 Å². The van der Waals surface area contributed by atoms with Crippen LogP contribution in [0, 0.1) is 16.7 Å². The van der Waals surface area contributed by atoms with E-state index in [1.807, 2.05) is 13.8 Å². The fourth-order valence-corrected chi connectivity index (χ4v) is 7.82. The maximum absolute atomic E-state index is 12.7. The van der Waals surface area contributed by atoms with Gasteiger partial charge in [-0.2, -0.15) is 0 Å². The van der Waals surface area contributed by atoms with Crippen molar-refractivity contribution in [3.8, 4) is 0 Å². The molecule has 1 fully saturated rings. The number of ether oxygens (including phenoxy) is 2. The van der Waals surface area contributed by atoms with Gasteiger partial charge in [0.05, 0.1) is 25.2 Å². The highest BCUT2D eigenvalue weighted by atomic mass is 16.5. The van der Waals surface area contributed by atoms with Gasteiger partial charge in [0.1, 0.15) is 0 Å². The minimum Gasteiger partial charge on any atom is -0.466 e. The van der Waals surface area contributed by atoms with E-state index in [9.17, 15) is 14.7 Å². The number of hydrogen-bond donors (Lipinski definition) is 1. The molecule has 6 nitrogen and oxygen atoms in total. The van der Waals surface area contributed by atoms with E-state index in [1.54, 1.807) is 0 Å². The van der Waals surface area contributed by atoms with Crippen molar-refractivity contribution in [3.05, 3.63) is 0 Å². The zero-order chi connectivity index (χ0) is 38.2. The molecule has 0 bridgehead atoms. The molecule has 1 aliphatic carbocycles. The summed E-state index contributed by atoms with van der Waals surface area (Å²) in [5.74, 6) is 0.680. The van der Waals surface area contributed by atoms with Crippen LogP contribution in [-0.4, -0.2) is 61.4 Å². The van der Waals surface area contributed by atoms with E-state index < -0.39 is 5.41 Å². The zero-order valence-electron chi connectivity index (χ0n) is 35.6. The molecule has 1 aliphatic rings. The molecule has 0 aromatic rings. The SMILES string of the molecule is CCCCCCCCCOC(=O)C(C)(C)CCCCCCN(CCO)CCCCC1(CCC(=O)OCCC(CCCCCC)CCCCCC)CC1. The van der Waals surface area contributed by atoms with Gasteiger partial charge in [0.15, 0.2) is 0 Å². The lowest BCUT2D eigenvalue weighted by Crippen LogP contribution is -2.29. The lowest BCUT2D eigenvalue weighted by Gasteiger charge is -2.23. The smallest absolute Gasteiger partial charge is 0.311 e. The Kier molecular flexibility index (Phi) is 30.2. The van der Waals surface area contributed by atoms with Crippen molar-refractivity contribution in [1.29, 1.82) is 0 Å². The van der Waals surface area contributed by atoms with E-state index in [-0.39, 0.29) is 18.5 Å². The standard InChI is InChI=1S/C46H89NO5/c1-6-9-12-15-16-19-26-40-52-44(50)45(4,5)31-22-17-18-24-36-47(38-39-48)37-25-23-32-46(34-35-46)33-29-43(49)51-41-30-42(27-20-13-10-7-2)28-21-14-11-8-3/h42,48H,6-41H2,1-5H3. The molecular formula is C46H89NO5. The highest BCUT2D eigenvalue weighted by molar-refractivity contribution is 5.75. The molecule has 0 aromatic carbocycles. The predicted octanol–water partition coefficient (Wildman–Crippen LogP) is 12.8. The summed E-state index contributed by atoms with van der Waals surface area (Å²) < 4.78 is 11.4. The number of unbranched alkanes of at least 4 members (excludes halogenated alkanes) is 16. The average molecular weight is 736 g/mol. The van der Waals surface area contributed by atoms with Crippen molar-refractivity contribution < 1.29 is 24.2 Å². The lowest BCUT2D eigenvalue weighted by atomic mass is 9.87. The first-order valence-electron chi connectivity index (χ1n) is 22.9. The molecule has 0 amide bonds. The number of carbonyl (C=O) groups excluding carboxylic acids is 2. The third kappa shape index (κ3) is 26.6. The highest BCUT2D eigenvalue weighted by Crippen LogP contribution is 2.53. The van der Waals surface area contributed by atoms with Crippen LogP contribution in [0.3, 0.4) is 0 Å². The van der Waals surface area contributed by atoms with Gasteiger partial charge < -0.3 is 19.5 Å². The molecule has 0 radical (unpaired) electrons. The Morgan fingerprint density at radius 2 is 1.15 bits per heavy atom. The molecule has 6 heteroatoms. The maximum Gasteiger partial charge on any atom is 0.311 e. The van der Waals surface area contributed by atoms with Gasteiger partial charge in [-0.25, -0.2) is 0 Å². The third-order valence-electron chi connectivity index (χ3n) is 11.9. The van der Waals surface area contributed by atoms with Crippen LogP contribution >= 0.6 is 0 Å². The molecule has 0 unspecified atom stereocenters. The number of aliphatic hydroxyl groups is 1. The fraction of sp³-hybridized carbons (Fsp3) is 0.957. The van der Waals surface area contributed by atoms with Crippen LogP contribution in [0.4, 0.5) is 0 Å². The quantitative estimate of drug-likeness (QED) is 0.0500. The van der Waals surface area contributed by atoms with Crippen LogP contribution in [0.5, 0.6) is 0 Å². The molecule has 0 spiro atoms. The molecule has 0 aromatic heterocycles. The van der Waals surface area contributed by atoms with Crippen molar-refractivity contribution in [2.24, 2.45) is 16.7 Å². The topological polar surface area (TPSA) is 76.1 Å². The van der Waals surface area contributed by atoms with Crippen LogP contribution in [0.1, 0.15) is 227 Å². The van der Waals surface area contributed by atoms with Gasteiger partial charge >= 0.3 is 11.9 Å². The molecular weight excluding hydrogens is 647 g/mol. The first-order valence-corrected chi connectivity index (χ1v) is 22.9. The van der Waals surface area contributed by atoms with Gasteiger partial charge in [-0.15, -0.1) is 0 Å². The summed E-state index contributed by atoms with van der Waals surface area (Å²) >= 11 is 0. The van der Waals surface area contributed by atoms with Gasteiger partial charge in [-0.1, -0.05) is 149 Å². The third-order valence-corrected chi connectivity index (χ3v) is 11.9. The second-order valence-corrected chi connectivity index (χ2v) is 17.4.